The van der Waals surface area contributed by atoms with Gasteiger partial charge in [-0.25, -0.2) is 0 Å². The summed E-state index contributed by atoms with van der Waals surface area (Å²) in [6, 6.07) is 22.8. The largest absolute Gasteiger partial charge is 0.497 e. The van der Waals surface area contributed by atoms with Crippen LogP contribution >= 0.6 is 0 Å². The molecule has 5 heteroatoms. The van der Waals surface area contributed by atoms with E-state index in [0.717, 1.165) is 30.2 Å². The van der Waals surface area contributed by atoms with Gasteiger partial charge in [0.05, 0.1) is 34.0 Å². The number of methoxy groups -OCH3 is 3. The monoisotopic (exact) mass is 419 g/mol. The van der Waals surface area contributed by atoms with E-state index in [9.17, 15) is 0 Å². The molecule has 31 heavy (non-hydrogen) atoms. The lowest BCUT2D eigenvalue weighted by Crippen LogP contribution is -2.35. The fourth-order valence-electron chi connectivity index (χ4n) is 4.09. The highest BCUT2D eigenvalue weighted by Crippen LogP contribution is 2.37. The average molecular weight is 420 g/mol. The second-order valence-electron chi connectivity index (χ2n) is 7.63. The molecule has 1 heterocycles. The summed E-state index contributed by atoms with van der Waals surface area (Å²) in [4.78, 5) is 0. The van der Waals surface area contributed by atoms with Gasteiger partial charge in [0.15, 0.2) is 11.5 Å². The van der Waals surface area contributed by atoms with Gasteiger partial charge in [0.25, 0.3) is 0 Å². The quantitative estimate of drug-likeness (QED) is 0.565. The first-order chi connectivity index (χ1) is 15.2. The van der Waals surface area contributed by atoms with Gasteiger partial charge in [-0.1, -0.05) is 42.5 Å². The molecule has 1 aliphatic rings. The van der Waals surface area contributed by atoms with Crippen molar-refractivity contribution >= 4 is 0 Å². The molecule has 0 saturated heterocycles. The minimum absolute atomic E-state index is 0.0113. The molecular formula is C26H29NO4. The van der Waals surface area contributed by atoms with Crippen LogP contribution in [0.2, 0.25) is 0 Å². The molecule has 2 atom stereocenters. The van der Waals surface area contributed by atoms with E-state index in [0.29, 0.717) is 6.61 Å². The lowest BCUT2D eigenvalue weighted by molar-refractivity contribution is 0.0315. The van der Waals surface area contributed by atoms with Crippen LogP contribution in [-0.2, 0) is 17.8 Å². The van der Waals surface area contributed by atoms with E-state index in [1.54, 1.807) is 21.3 Å². The molecule has 2 unspecified atom stereocenters. The fraction of sp³-hybridized carbons (Fsp3) is 0.308. The predicted molar refractivity (Wildman–Crippen MR) is 121 cm³/mol. The van der Waals surface area contributed by atoms with Gasteiger partial charge in [-0.15, -0.1) is 0 Å². The highest BCUT2D eigenvalue weighted by Gasteiger charge is 2.28. The zero-order valence-electron chi connectivity index (χ0n) is 18.3. The van der Waals surface area contributed by atoms with Crippen LogP contribution in [0.25, 0.3) is 0 Å². The van der Waals surface area contributed by atoms with Gasteiger partial charge < -0.3 is 24.3 Å². The van der Waals surface area contributed by atoms with Crippen LogP contribution in [0.1, 0.15) is 34.4 Å². The van der Waals surface area contributed by atoms with Gasteiger partial charge in [-0.3, -0.25) is 0 Å². The number of ether oxygens (including phenoxy) is 4. The third kappa shape index (κ3) is 4.84. The van der Waals surface area contributed by atoms with E-state index in [-0.39, 0.29) is 12.1 Å². The van der Waals surface area contributed by atoms with Crippen LogP contribution < -0.4 is 19.5 Å². The Morgan fingerprint density at radius 3 is 2.32 bits per heavy atom. The van der Waals surface area contributed by atoms with E-state index in [1.165, 1.54) is 22.3 Å². The Kier molecular flexibility index (Phi) is 6.75. The van der Waals surface area contributed by atoms with Crippen molar-refractivity contribution in [3.63, 3.8) is 0 Å². The SMILES string of the molecule is COc1ccc2c(c1)C(Cc1ccc(OC)c(OC)c1)NCC2OCc1ccccc1. The summed E-state index contributed by atoms with van der Waals surface area (Å²) in [5.74, 6) is 2.33. The average Bonchev–Trinajstić information content (AvgIpc) is 2.83. The first-order valence-electron chi connectivity index (χ1n) is 10.5. The first kappa shape index (κ1) is 21.2. The highest BCUT2D eigenvalue weighted by atomic mass is 16.5. The van der Waals surface area contributed by atoms with Gasteiger partial charge in [0, 0.05) is 12.6 Å². The Hall–Kier alpha value is -3.02. The third-order valence-electron chi connectivity index (χ3n) is 5.75. The number of nitrogens with one attached hydrogen (secondary N) is 1. The molecule has 0 spiro atoms. The number of hydrogen-bond donors (Lipinski definition) is 1. The maximum atomic E-state index is 6.29. The molecule has 5 nitrogen and oxygen atoms in total. The summed E-state index contributed by atoms with van der Waals surface area (Å²) in [5.41, 5.74) is 4.76. The molecule has 0 aromatic heterocycles. The Bertz CT molecular complexity index is 1010. The standard InChI is InChI=1S/C26H29NO4/c1-28-20-10-11-21-22(15-20)23(13-19-9-12-24(29-2)25(14-19)30-3)27-16-26(21)31-17-18-7-5-4-6-8-18/h4-12,14-15,23,26-27H,13,16-17H2,1-3H3. The lowest BCUT2D eigenvalue weighted by Gasteiger charge is -2.33. The minimum Gasteiger partial charge on any atom is -0.497 e. The van der Waals surface area contributed by atoms with E-state index in [2.05, 4.69) is 35.6 Å². The Morgan fingerprint density at radius 1 is 0.774 bits per heavy atom. The third-order valence-corrected chi connectivity index (χ3v) is 5.75. The van der Waals surface area contributed by atoms with E-state index < -0.39 is 0 Å². The van der Waals surface area contributed by atoms with Gasteiger partial charge in [0.2, 0.25) is 0 Å². The number of rotatable bonds is 8. The summed E-state index contributed by atoms with van der Waals surface area (Å²) in [6.07, 6.45) is 0.814. The molecule has 0 saturated carbocycles. The van der Waals surface area contributed by atoms with Crippen LogP contribution in [0.4, 0.5) is 0 Å². The molecule has 162 valence electrons. The Labute approximate surface area is 183 Å². The normalized spacial score (nSPS) is 17.6. The van der Waals surface area contributed by atoms with Crippen molar-refractivity contribution < 1.29 is 18.9 Å². The topological polar surface area (TPSA) is 49.0 Å². The lowest BCUT2D eigenvalue weighted by atomic mass is 9.88. The number of fused-ring (bicyclic) bond motifs is 1. The molecule has 0 amide bonds. The molecule has 0 aliphatic carbocycles. The predicted octanol–water partition coefficient (Wildman–Crippen LogP) is 4.86. The zero-order valence-corrected chi connectivity index (χ0v) is 18.3. The smallest absolute Gasteiger partial charge is 0.160 e. The van der Waals surface area contributed by atoms with Gasteiger partial charge in [0.1, 0.15) is 5.75 Å². The maximum absolute atomic E-state index is 6.29. The van der Waals surface area contributed by atoms with Crippen LogP contribution in [0.3, 0.4) is 0 Å². The molecule has 3 aromatic rings. The molecule has 1 aliphatic heterocycles. The number of hydrogen-bond acceptors (Lipinski definition) is 5. The van der Waals surface area contributed by atoms with Gasteiger partial charge >= 0.3 is 0 Å². The maximum Gasteiger partial charge on any atom is 0.160 e. The molecule has 0 bridgehead atoms. The second-order valence-corrected chi connectivity index (χ2v) is 7.63. The summed E-state index contributed by atoms with van der Waals surface area (Å²) < 4.78 is 22.6. The van der Waals surface area contributed by atoms with E-state index in [4.69, 9.17) is 18.9 Å². The van der Waals surface area contributed by atoms with Crippen molar-refractivity contribution in [3.8, 4) is 17.2 Å². The molecule has 4 rings (SSSR count). The molecular weight excluding hydrogens is 390 g/mol. The van der Waals surface area contributed by atoms with Crippen molar-refractivity contribution in [3.05, 3.63) is 89.0 Å². The number of benzene rings is 3. The molecule has 0 radical (unpaired) electrons. The van der Waals surface area contributed by atoms with Crippen molar-refractivity contribution in [1.82, 2.24) is 5.32 Å². The molecule has 1 N–H and O–H groups in total. The summed E-state index contributed by atoms with van der Waals surface area (Å²) in [5, 5.41) is 3.67. The summed E-state index contributed by atoms with van der Waals surface area (Å²) >= 11 is 0. The summed E-state index contributed by atoms with van der Waals surface area (Å²) in [7, 11) is 5.01. The van der Waals surface area contributed by atoms with E-state index in [1.807, 2.05) is 36.4 Å². The highest BCUT2D eigenvalue weighted by molar-refractivity contribution is 5.45. The van der Waals surface area contributed by atoms with Crippen LogP contribution in [0.15, 0.2) is 66.7 Å². The summed E-state index contributed by atoms with van der Waals surface area (Å²) in [6.45, 7) is 1.34. The molecule has 0 fully saturated rings. The van der Waals surface area contributed by atoms with Crippen molar-refractivity contribution in [1.29, 1.82) is 0 Å². The zero-order chi connectivity index (χ0) is 21.6. The van der Waals surface area contributed by atoms with E-state index >= 15 is 0 Å². The van der Waals surface area contributed by atoms with Crippen molar-refractivity contribution in [2.75, 3.05) is 27.9 Å². The van der Waals surface area contributed by atoms with Crippen molar-refractivity contribution in [2.24, 2.45) is 0 Å². The van der Waals surface area contributed by atoms with Crippen LogP contribution in [0.5, 0.6) is 17.2 Å². The fourth-order valence-corrected chi connectivity index (χ4v) is 4.09. The Morgan fingerprint density at radius 2 is 1.58 bits per heavy atom. The Balaban J connectivity index is 1.57. The first-order valence-corrected chi connectivity index (χ1v) is 10.5. The van der Waals surface area contributed by atoms with Crippen molar-refractivity contribution in [2.45, 2.75) is 25.2 Å². The van der Waals surface area contributed by atoms with Crippen LogP contribution in [-0.4, -0.2) is 27.9 Å². The molecule has 3 aromatic carbocycles. The second kappa shape index (κ2) is 9.86. The van der Waals surface area contributed by atoms with Gasteiger partial charge in [-0.05, 0) is 52.9 Å². The van der Waals surface area contributed by atoms with Crippen LogP contribution in [0, 0.1) is 0 Å². The minimum atomic E-state index is -0.0113. The van der Waals surface area contributed by atoms with Gasteiger partial charge in [-0.2, -0.15) is 0 Å².